The van der Waals surface area contributed by atoms with E-state index in [-0.39, 0.29) is 5.91 Å². The van der Waals surface area contributed by atoms with E-state index in [1.54, 1.807) is 6.08 Å². The van der Waals surface area contributed by atoms with Crippen LogP contribution in [0.1, 0.15) is 34.2 Å². The van der Waals surface area contributed by atoms with Gasteiger partial charge in [-0.3, -0.25) is 14.3 Å². The van der Waals surface area contributed by atoms with Crippen LogP contribution in [0.15, 0.2) is 51.5 Å². The lowest BCUT2D eigenvalue weighted by Gasteiger charge is -2.33. The summed E-state index contributed by atoms with van der Waals surface area (Å²) in [7, 11) is 0. The highest BCUT2D eigenvalue weighted by Gasteiger charge is 2.22. The fourth-order valence-electron chi connectivity index (χ4n) is 4.49. The molecule has 0 radical (unpaired) electrons. The summed E-state index contributed by atoms with van der Waals surface area (Å²) in [5.74, 6) is 2.70. The van der Waals surface area contributed by atoms with Gasteiger partial charge in [0.05, 0.1) is 6.54 Å². The number of carbonyl (C=O) groups excluding carboxylic acids is 1. The lowest BCUT2D eigenvalue weighted by molar-refractivity contribution is -0.127. The van der Waals surface area contributed by atoms with Crippen LogP contribution >= 0.6 is 0 Å². The molecule has 1 saturated heterocycles. The van der Waals surface area contributed by atoms with Crippen molar-refractivity contribution in [3.63, 3.8) is 0 Å². The molecule has 9 nitrogen and oxygen atoms in total. The molecule has 0 atom stereocenters. The van der Waals surface area contributed by atoms with Crippen molar-refractivity contribution in [2.45, 2.75) is 34.2 Å². The second-order valence-electron chi connectivity index (χ2n) is 9.27. The number of hydrogen-bond acceptors (Lipinski definition) is 7. The summed E-state index contributed by atoms with van der Waals surface area (Å²) in [5.41, 5.74) is 5.16. The van der Waals surface area contributed by atoms with E-state index in [2.05, 4.69) is 26.3 Å². The molecule has 3 aromatic heterocycles. The molecule has 0 aliphatic carbocycles. The van der Waals surface area contributed by atoms with E-state index < -0.39 is 0 Å². The summed E-state index contributed by atoms with van der Waals surface area (Å²) in [6, 6.07) is 12.0. The third-order valence-corrected chi connectivity index (χ3v) is 6.54. The van der Waals surface area contributed by atoms with Gasteiger partial charge < -0.3 is 13.9 Å². The highest BCUT2D eigenvalue weighted by atomic mass is 16.5. The van der Waals surface area contributed by atoms with Crippen LogP contribution in [0.25, 0.3) is 23.3 Å². The second-order valence-corrected chi connectivity index (χ2v) is 9.27. The van der Waals surface area contributed by atoms with Crippen LogP contribution in [0.2, 0.25) is 0 Å². The molecular weight excluding hydrogens is 456 g/mol. The van der Waals surface area contributed by atoms with Gasteiger partial charge in [0.25, 0.3) is 0 Å². The third kappa shape index (κ3) is 5.01. The van der Waals surface area contributed by atoms with Crippen molar-refractivity contribution in [1.82, 2.24) is 29.7 Å². The summed E-state index contributed by atoms with van der Waals surface area (Å²) >= 11 is 0. The van der Waals surface area contributed by atoms with Crippen LogP contribution in [-0.4, -0.2) is 61.8 Å². The molecule has 9 heteroatoms. The van der Waals surface area contributed by atoms with Gasteiger partial charge in [0.15, 0.2) is 5.82 Å². The molecule has 0 unspecified atom stereocenters. The molecular formula is C27H30N6O3. The first-order chi connectivity index (χ1) is 17.4. The van der Waals surface area contributed by atoms with Crippen molar-refractivity contribution in [3.05, 3.63) is 76.6 Å². The Morgan fingerprint density at radius 2 is 1.72 bits per heavy atom. The Bertz CT molecular complexity index is 1390. The topological polar surface area (TPSA) is 93.4 Å². The fourth-order valence-corrected chi connectivity index (χ4v) is 4.49. The molecule has 0 N–H and O–H groups in total. The van der Waals surface area contributed by atoms with E-state index in [9.17, 15) is 4.79 Å². The Labute approximate surface area is 210 Å². The zero-order valence-corrected chi connectivity index (χ0v) is 21.1. The molecule has 1 fully saturated rings. The molecule has 1 amide bonds. The van der Waals surface area contributed by atoms with E-state index in [4.69, 9.17) is 9.05 Å². The minimum Gasteiger partial charge on any atom is -0.360 e. The standard InChI is InChI=1S/C27H30N6O3/c1-18-5-7-22(8-6-18)27-28-25(36-30-27)17-31-11-13-32(14-12-31)26(34)10-9-23-15-19(2)33(21(23)4)24-16-20(3)35-29-24/h5-10,15-16H,11-14,17H2,1-4H3/b10-9+. The molecule has 5 rings (SSSR count). The van der Waals surface area contributed by atoms with Gasteiger partial charge in [-0.2, -0.15) is 4.98 Å². The Kier molecular flexibility index (Phi) is 6.56. The molecule has 0 spiro atoms. The fraction of sp³-hybridized carbons (Fsp3) is 0.333. The van der Waals surface area contributed by atoms with Crippen LogP contribution in [0.3, 0.4) is 0 Å². The average molecular weight is 487 g/mol. The highest BCUT2D eigenvalue weighted by Crippen LogP contribution is 2.22. The van der Waals surface area contributed by atoms with Gasteiger partial charge >= 0.3 is 0 Å². The summed E-state index contributed by atoms with van der Waals surface area (Å²) < 4.78 is 12.7. The Balaban J connectivity index is 1.16. The Hall–Kier alpha value is -3.98. The number of aromatic nitrogens is 4. The Morgan fingerprint density at radius 1 is 0.972 bits per heavy atom. The molecule has 4 aromatic rings. The number of benzene rings is 1. The summed E-state index contributed by atoms with van der Waals surface area (Å²) in [6.07, 6.45) is 3.53. The second kappa shape index (κ2) is 9.94. The molecule has 186 valence electrons. The first-order valence-electron chi connectivity index (χ1n) is 12.1. The number of nitrogens with zero attached hydrogens (tertiary/aromatic N) is 6. The van der Waals surface area contributed by atoms with Gasteiger partial charge in [0, 0.05) is 55.3 Å². The van der Waals surface area contributed by atoms with Crippen molar-refractivity contribution in [2.24, 2.45) is 0 Å². The van der Waals surface area contributed by atoms with Gasteiger partial charge in [-0.05, 0) is 45.4 Å². The smallest absolute Gasteiger partial charge is 0.246 e. The number of amides is 1. The monoisotopic (exact) mass is 486 g/mol. The van der Waals surface area contributed by atoms with E-state index in [1.807, 2.05) is 73.6 Å². The van der Waals surface area contributed by atoms with Crippen molar-refractivity contribution in [1.29, 1.82) is 0 Å². The van der Waals surface area contributed by atoms with Crippen LogP contribution < -0.4 is 0 Å². The maximum Gasteiger partial charge on any atom is 0.246 e. The first kappa shape index (κ1) is 23.7. The van der Waals surface area contributed by atoms with Crippen LogP contribution in [0.4, 0.5) is 0 Å². The molecule has 0 saturated carbocycles. The van der Waals surface area contributed by atoms with E-state index in [1.165, 1.54) is 5.56 Å². The van der Waals surface area contributed by atoms with Crippen LogP contribution in [-0.2, 0) is 11.3 Å². The first-order valence-corrected chi connectivity index (χ1v) is 12.1. The quantitative estimate of drug-likeness (QED) is 0.379. The predicted molar refractivity (Wildman–Crippen MR) is 135 cm³/mol. The number of carbonyl (C=O) groups is 1. The number of aryl methyl sites for hydroxylation is 3. The van der Waals surface area contributed by atoms with E-state index >= 15 is 0 Å². The maximum atomic E-state index is 12.8. The van der Waals surface area contributed by atoms with Gasteiger partial charge in [-0.1, -0.05) is 40.1 Å². The summed E-state index contributed by atoms with van der Waals surface area (Å²) in [6.45, 7) is 11.3. The van der Waals surface area contributed by atoms with Gasteiger partial charge in [0.1, 0.15) is 5.76 Å². The third-order valence-electron chi connectivity index (χ3n) is 6.54. The van der Waals surface area contributed by atoms with Crippen molar-refractivity contribution in [2.75, 3.05) is 26.2 Å². The van der Waals surface area contributed by atoms with Crippen molar-refractivity contribution < 1.29 is 13.8 Å². The number of rotatable bonds is 6. The van der Waals surface area contributed by atoms with Gasteiger partial charge in [-0.25, -0.2) is 0 Å². The van der Waals surface area contributed by atoms with Crippen LogP contribution in [0, 0.1) is 27.7 Å². The lowest BCUT2D eigenvalue weighted by Crippen LogP contribution is -2.47. The van der Waals surface area contributed by atoms with Gasteiger partial charge in [0.2, 0.25) is 17.6 Å². The summed E-state index contributed by atoms with van der Waals surface area (Å²) in [5, 5.41) is 8.23. The average Bonchev–Trinajstić information content (AvgIpc) is 3.58. The maximum absolute atomic E-state index is 12.8. The highest BCUT2D eigenvalue weighted by molar-refractivity contribution is 5.92. The SMILES string of the molecule is Cc1ccc(-c2noc(CN3CCN(C(=O)/C=C/c4cc(C)n(-c5cc(C)on5)c4C)CC3)n2)cc1. The largest absolute Gasteiger partial charge is 0.360 e. The normalized spacial score (nSPS) is 14.7. The molecule has 0 bridgehead atoms. The van der Waals surface area contributed by atoms with E-state index in [0.717, 1.165) is 47.2 Å². The molecule has 36 heavy (non-hydrogen) atoms. The van der Waals surface area contributed by atoms with Crippen LogP contribution in [0.5, 0.6) is 0 Å². The number of hydrogen-bond donors (Lipinski definition) is 0. The van der Waals surface area contributed by atoms with Crippen molar-refractivity contribution >= 4 is 12.0 Å². The summed E-state index contributed by atoms with van der Waals surface area (Å²) in [4.78, 5) is 21.5. The Morgan fingerprint density at radius 3 is 2.42 bits per heavy atom. The van der Waals surface area contributed by atoms with E-state index in [0.29, 0.717) is 31.3 Å². The minimum atomic E-state index is 0.0104. The van der Waals surface area contributed by atoms with Crippen molar-refractivity contribution in [3.8, 4) is 17.2 Å². The zero-order chi connectivity index (χ0) is 25.2. The molecule has 1 aliphatic heterocycles. The molecule has 4 heterocycles. The van der Waals surface area contributed by atoms with Gasteiger partial charge in [-0.15, -0.1) is 0 Å². The minimum absolute atomic E-state index is 0.0104. The number of piperazine rings is 1. The lowest BCUT2D eigenvalue weighted by atomic mass is 10.1. The predicted octanol–water partition coefficient (Wildman–Crippen LogP) is 4.11. The molecule has 1 aromatic carbocycles. The molecule has 1 aliphatic rings. The zero-order valence-electron chi connectivity index (χ0n) is 21.1.